The van der Waals surface area contributed by atoms with Crippen molar-refractivity contribution in [1.82, 2.24) is 0 Å². The number of hydrogen-bond acceptors (Lipinski definition) is 7. The van der Waals surface area contributed by atoms with Crippen molar-refractivity contribution < 1.29 is 28.9 Å². The topological polar surface area (TPSA) is 94.1 Å². The average molecular weight is 323 g/mol. The van der Waals surface area contributed by atoms with Crippen LogP contribution in [0.5, 0.6) is 5.75 Å². The van der Waals surface area contributed by atoms with Crippen molar-refractivity contribution in [2.45, 2.75) is 13.8 Å². The normalized spacial score (nSPS) is 9.70. The standard InChI is InChI=1S/C16H21NO6/c1-3-21-15(19)14(16(20)22-4-2)11-17-12-5-7-13(8-6-12)23-10-9-18/h5-8,11,17-18H,3-4,9-10H2,1-2H3. The van der Waals surface area contributed by atoms with Crippen LogP contribution < -0.4 is 10.1 Å². The maximum atomic E-state index is 11.8. The Balaban J connectivity index is 2.78. The first-order valence-electron chi connectivity index (χ1n) is 7.27. The van der Waals surface area contributed by atoms with Crippen LogP contribution in [0.25, 0.3) is 0 Å². The van der Waals surface area contributed by atoms with Crippen LogP contribution in [0, 0.1) is 0 Å². The third-order valence-electron chi connectivity index (χ3n) is 2.59. The van der Waals surface area contributed by atoms with Crippen molar-refractivity contribution in [3.63, 3.8) is 0 Å². The third-order valence-corrected chi connectivity index (χ3v) is 2.59. The van der Waals surface area contributed by atoms with E-state index in [1.807, 2.05) is 0 Å². The van der Waals surface area contributed by atoms with E-state index in [0.29, 0.717) is 11.4 Å². The molecule has 0 heterocycles. The molecule has 1 aromatic carbocycles. The summed E-state index contributed by atoms with van der Waals surface area (Å²) in [7, 11) is 0. The second kappa shape index (κ2) is 10.2. The van der Waals surface area contributed by atoms with Crippen LogP contribution >= 0.6 is 0 Å². The number of aliphatic hydroxyl groups is 1. The lowest BCUT2D eigenvalue weighted by molar-refractivity contribution is -0.146. The zero-order valence-corrected chi connectivity index (χ0v) is 13.2. The number of benzene rings is 1. The molecule has 0 spiro atoms. The van der Waals surface area contributed by atoms with Gasteiger partial charge in [-0.2, -0.15) is 0 Å². The number of carbonyl (C=O) groups excluding carboxylic acids is 2. The van der Waals surface area contributed by atoms with Crippen LogP contribution in [0.15, 0.2) is 36.0 Å². The summed E-state index contributed by atoms with van der Waals surface area (Å²) in [5.41, 5.74) is 0.432. The predicted octanol–water partition coefficient (Wildman–Crippen LogP) is 1.48. The first-order valence-corrected chi connectivity index (χ1v) is 7.27. The van der Waals surface area contributed by atoms with E-state index in [0.717, 1.165) is 0 Å². The van der Waals surface area contributed by atoms with Crippen LogP contribution in [0.1, 0.15) is 13.8 Å². The number of ether oxygens (including phenoxy) is 3. The number of nitrogens with one attached hydrogen (secondary N) is 1. The molecule has 0 aliphatic carbocycles. The van der Waals surface area contributed by atoms with E-state index in [1.54, 1.807) is 38.1 Å². The number of aliphatic hydroxyl groups excluding tert-OH is 1. The van der Waals surface area contributed by atoms with Crippen molar-refractivity contribution in [3.8, 4) is 5.75 Å². The molecular formula is C16H21NO6. The first-order chi connectivity index (χ1) is 11.1. The number of esters is 2. The Bertz CT molecular complexity index is 518. The van der Waals surface area contributed by atoms with Crippen LogP contribution in [0.4, 0.5) is 5.69 Å². The Morgan fingerprint density at radius 3 is 2.13 bits per heavy atom. The maximum absolute atomic E-state index is 11.8. The molecule has 1 aromatic rings. The molecule has 0 unspecified atom stereocenters. The van der Waals surface area contributed by atoms with Crippen molar-refractivity contribution in [2.75, 3.05) is 31.7 Å². The Morgan fingerprint density at radius 1 is 1.09 bits per heavy atom. The van der Waals surface area contributed by atoms with Crippen LogP contribution in [-0.4, -0.2) is 43.5 Å². The van der Waals surface area contributed by atoms with Gasteiger partial charge < -0.3 is 24.6 Å². The smallest absolute Gasteiger partial charge is 0.347 e. The highest BCUT2D eigenvalue weighted by molar-refractivity contribution is 6.14. The van der Waals surface area contributed by atoms with E-state index in [-0.39, 0.29) is 32.0 Å². The molecule has 0 saturated carbocycles. The molecular weight excluding hydrogens is 302 g/mol. The fourth-order valence-electron chi connectivity index (χ4n) is 1.59. The Labute approximate surface area is 134 Å². The molecule has 1 rings (SSSR count). The minimum Gasteiger partial charge on any atom is -0.491 e. The molecule has 2 N–H and O–H groups in total. The Kier molecular flexibility index (Phi) is 8.23. The van der Waals surface area contributed by atoms with Gasteiger partial charge in [0.2, 0.25) is 0 Å². The summed E-state index contributed by atoms with van der Waals surface area (Å²) in [6.45, 7) is 3.77. The number of carbonyl (C=O) groups is 2. The summed E-state index contributed by atoms with van der Waals surface area (Å²) in [6, 6.07) is 6.80. The van der Waals surface area contributed by atoms with Gasteiger partial charge >= 0.3 is 11.9 Å². The van der Waals surface area contributed by atoms with Crippen LogP contribution in [-0.2, 0) is 19.1 Å². The fraction of sp³-hybridized carbons (Fsp3) is 0.375. The molecule has 0 aliphatic heterocycles. The van der Waals surface area contributed by atoms with E-state index in [2.05, 4.69) is 5.32 Å². The number of anilines is 1. The summed E-state index contributed by atoms with van der Waals surface area (Å²) in [5.74, 6) is -0.896. The molecule has 0 aromatic heterocycles. The predicted molar refractivity (Wildman–Crippen MR) is 84.0 cm³/mol. The third kappa shape index (κ3) is 6.39. The van der Waals surface area contributed by atoms with E-state index in [4.69, 9.17) is 19.3 Å². The SMILES string of the molecule is CCOC(=O)C(=CNc1ccc(OCCO)cc1)C(=O)OCC. The molecule has 7 heteroatoms. The second-order valence-corrected chi connectivity index (χ2v) is 4.24. The molecule has 0 saturated heterocycles. The highest BCUT2D eigenvalue weighted by Gasteiger charge is 2.20. The quantitative estimate of drug-likeness (QED) is 0.308. The fourth-order valence-corrected chi connectivity index (χ4v) is 1.59. The van der Waals surface area contributed by atoms with E-state index < -0.39 is 11.9 Å². The Hall–Kier alpha value is -2.54. The molecule has 0 aliphatic rings. The van der Waals surface area contributed by atoms with Gasteiger partial charge in [-0.05, 0) is 38.1 Å². The van der Waals surface area contributed by atoms with Crippen molar-refractivity contribution in [2.24, 2.45) is 0 Å². The van der Waals surface area contributed by atoms with Gasteiger partial charge in [0.25, 0.3) is 0 Å². The molecule has 0 amide bonds. The largest absolute Gasteiger partial charge is 0.491 e. The zero-order valence-electron chi connectivity index (χ0n) is 13.2. The Morgan fingerprint density at radius 2 is 1.65 bits per heavy atom. The molecule has 0 atom stereocenters. The molecule has 0 radical (unpaired) electrons. The summed E-state index contributed by atoms with van der Waals surface area (Å²) in [6.07, 6.45) is 1.25. The molecule has 7 nitrogen and oxygen atoms in total. The molecule has 0 bridgehead atoms. The van der Waals surface area contributed by atoms with Gasteiger partial charge in [0.15, 0.2) is 5.57 Å². The van der Waals surface area contributed by atoms with Crippen molar-refractivity contribution in [3.05, 3.63) is 36.0 Å². The summed E-state index contributed by atoms with van der Waals surface area (Å²) in [5, 5.41) is 11.5. The summed E-state index contributed by atoms with van der Waals surface area (Å²) < 4.78 is 14.9. The highest BCUT2D eigenvalue weighted by atomic mass is 16.6. The minimum atomic E-state index is -0.749. The van der Waals surface area contributed by atoms with E-state index in [9.17, 15) is 9.59 Å². The lowest BCUT2D eigenvalue weighted by Gasteiger charge is -2.08. The van der Waals surface area contributed by atoms with Crippen LogP contribution in [0.3, 0.4) is 0 Å². The lowest BCUT2D eigenvalue weighted by atomic mass is 10.2. The van der Waals surface area contributed by atoms with Gasteiger partial charge in [-0.25, -0.2) is 9.59 Å². The van der Waals surface area contributed by atoms with Gasteiger partial charge in [-0.3, -0.25) is 0 Å². The molecule has 0 fully saturated rings. The molecule has 126 valence electrons. The minimum absolute atomic E-state index is 0.0643. The maximum Gasteiger partial charge on any atom is 0.347 e. The van der Waals surface area contributed by atoms with Gasteiger partial charge in [-0.15, -0.1) is 0 Å². The monoisotopic (exact) mass is 323 g/mol. The van der Waals surface area contributed by atoms with Gasteiger partial charge in [0.05, 0.1) is 19.8 Å². The molecule has 23 heavy (non-hydrogen) atoms. The van der Waals surface area contributed by atoms with Crippen molar-refractivity contribution >= 4 is 17.6 Å². The van der Waals surface area contributed by atoms with Crippen LogP contribution in [0.2, 0.25) is 0 Å². The lowest BCUT2D eigenvalue weighted by Crippen LogP contribution is -2.19. The first kappa shape index (κ1) is 18.5. The second-order valence-electron chi connectivity index (χ2n) is 4.24. The average Bonchev–Trinajstić information content (AvgIpc) is 2.55. The van der Waals surface area contributed by atoms with Gasteiger partial charge in [0.1, 0.15) is 12.4 Å². The summed E-state index contributed by atoms with van der Waals surface area (Å²) >= 11 is 0. The number of rotatable bonds is 9. The summed E-state index contributed by atoms with van der Waals surface area (Å²) in [4.78, 5) is 23.6. The highest BCUT2D eigenvalue weighted by Crippen LogP contribution is 2.16. The van der Waals surface area contributed by atoms with E-state index in [1.165, 1.54) is 6.20 Å². The zero-order chi connectivity index (χ0) is 17.1. The van der Waals surface area contributed by atoms with Gasteiger partial charge in [0, 0.05) is 11.9 Å². The van der Waals surface area contributed by atoms with Gasteiger partial charge in [-0.1, -0.05) is 0 Å². The van der Waals surface area contributed by atoms with E-state index >= 15 is 0 Å². The van der Waals surface area contributed by atoms with Crippen molar-refractivity contribution in [1.29, 1.82) is 0 Å². The number of hydrogen-bond donors (Lipinski definition) is 2.